The second-order valence-corrected chi connectivity index (χ2v) is 15.4. The van der Waals surface area contributed by atoms with Crippen molar-refractivity contribution < 1.29 is 30.5 Å². The van der Waals surface area contributed by atoms with Crippen LogP contribution in [0.3, 0.4) is 0 Å². The third-order valence-corrected chi connectivity index (χ3v) is 10.7. The van der Waals surface area contributed by atoms with Crippen molar-refractivity contribution in [3.63, 3.8) is 0 Å². The van der Waals surface area contributed by atoms with Crippen molar-refractivity contribution in [2.75, 3.05) is 18.0 Å². The average Bonchev–Trinajstić information content (AvgIpc) is 3.07. The van der Waals surface area contributed by atoms with Gasteiger partial charge in [-0.15, -0.1) is 0 Å². The first-order valence-electron chi connectivity index (χ1n) is 16.2. The van der Waals surface area contributed by atoms with Gasteiger partial charge in [0.15, 0.2) is 6.54 Å². The van der Waals surface area contributed by atoms with Crippen LogP contribution in [0.5, 0.6) is 0 Å². The van der Waals surface area contributed by atoms with Gasteiger partial charge < -0.3 is 4.90 Å². The second kappa shape index (κ2) is 15.3. The van der Waals surface area contributed by atoms with E-state index >= 15 is 0 Å². The number of benzene rings is 4. The summed E-state index contributed by atoms with van der Waals surface area (Å²) in [7, 11) is -8.62. The van der Waals surface area contributed by atoms with E-state index in [1.807, 2.05) is 64.1 Å². The molecule has 5 rings (SSSR count). The molecule has 11 heteroatoms. The summed E-state index contributed by atoms with van der Waals surface area (Å²) < 4.78 is 68.2. The maximum atomic E-state index is 11.7. The lowest BCUT2D eigenvalue weighted by Crippen LogP contribution is -2.23. The van der Waals surface area contributed by atoms with Gasteiger partial charge in [-0.1, -0.05) is 60.1 Å². The monoisotopic (exact) mass is 731 g/mol. The maximum Gasteiger partial charge on any atom is 0.294 e. The van der Waals surface area contributed by atoms with Crippen LogP contribution in [0.2, 0.25) is 5.02 Å². The molecule has 0 fully saturated rings. The minimum absolute atomic E-state index is 0.133. The fourth-order valence-electron chi connectivity index (χ4n) is 6.26. The third kappa shape index (κ3) is 8.51. The summed E-state index contributed by atoms with van der Waals surface area (Å²) in [6.07, 6.45) is 6.27. The van der Waals surface area contributed by atoms with E-state index in [9.17, 15) is 25.9 Å². The van der Waals surface area contributed by atoms with Gasteiger partial charge in [0, 0.05) is 46.6 Å². The van der Waals surface area contributed by atoms with Crippen LogP contribution in [0.15, 0.2) is 130 Å². The van der Waals surface area contributed by atoms with Gasteiger partial charge in [0.25, 0.3) is 20.2 Å². The standard InChI is InChI=1S/C39H39ClN2O6S2/c1-5-41(25-29-11-9-13-33(23-29)49(43,44)45)37-19-17-31(21-27(37)3)39(35-15-7-8-16-36(35)40)32-18-20-38(28(4)22-32)42(6-2)26-30-12-10-14-34(24-30)50(46,47)48/h7-24H,5-6,25-26H2,1-4H3,(H-,43,44,45,46,47,48)/p+1. The highest BCUT2D eigenvalue weighted by Gasteiger charge is 2.22. The number of anilines is 1. The largest absolute Gasteiger partial charge is 0.367 e. The first kappa shape index (κ1) is 36.9. The van der Waals surface area contributed by atoms with Crippen LogP contribution >= 0.6 is 11.6 Å². The highest BCUT2D eigenvalue weighted by molar-refractivity contribution is 7.86. The Labute approximate surface area is 299 Å². The zero-order chi connectivity index (χ0) is 36.2. The SMILES string of the molecule is CCN(Cc1cccc(S(=O)(=O)O)c1)c1ccc(/C(=C2\C=CC(=[N+](CC)Cc3cccc(S(=O)(=O)O)c3)C(C)=C2)c2ccccc2Cl)cc1C. The van der Waals surface area contributed by atoms with Gasteiger partial charge in [-0.3, -0.25) is 9.11 Å². The van der Waals surface area contributed by atoms with Crippen LogP contribution in [0.25, 0.3) is 5.57 Å². The summed E-state index contributed by atoms with van der Waals surface area (Å²) in [5.74, 6) is 0. The minimum atomic E-state index is -4.31. The first-order chi connectivity index (χ1) is 23.7. The lowest BCUT2D eigenvalue weighted by Gasteiger charge is -2.26. The molecule has 0 bridgehead atoms. The molecule has 0 aromatic heterocycles. The molecule has 0 amide bonds. The molecule has 50 heavy (non-hydrogen) atoms. The molecule has 0 radical (unpaired) electrons. The number of rotatable bonds is 11. The molecular weight excluding hydrogens is 692 g/mol. The van der Waals surface area contributed by atoms with Crippen LogP contribution in [0, 0.1) is 6.92 Å². The number of aryl methyl sites for hydroxylation is 1. The fourth-order valence-corrected chi connectivity index (χ4v) is 7.59. The molecule has 0 unspecified atom stereocenters. The summed E-state index contributed by atoms with van der Waals surface area (Å²) in [5, 5.41) is 0.619. The molecule has 4 aromatic carbocycles. The van der Waals surface area contributed by atoms with Crippen LogP contribution in [0.1, 0.15) is 48.6 Å². The topological polar surface area (TPSA) is 115 Å². The lowest BCUT2D eigenvalue weighted by molar-refractivity contribution is -0.539. The van der Waals surface area contributed by atoms with Gasteiger partial charge >= 0.3 is 0 Å². The number of nitrogens with zero attached hydrogens (tertiary/aromatic N) is 2. The molecule has 1 aliphatic rings. The van der Waals surface area contributed by atoms with Crippen molar-refractivity contribution in [2.45, 2.75) is 50.6 Å². The summed E-state index contributed by atoms with van der Waals surface area (Å²) in [6.45, 7) is 10.4. The number of hydrogen-bond donors (Lipinski definition) is 2. The van der Waals surface area contributed by atoms with E-state index in [-0.39, 0.29) is 9.79 Å². The summed E-state index contributed by atoms with van der Waals surface area (Å²) in [6, 6.07) is 26.7. The Balaban J connectivity index is 1.54. The van der Waals surface area contributed by atoms with Gasteiger partial charge in [-0.2, -0.15) is 16.8 Å². The molecule has 0 aliphatic heterocycles. The zero-order valence-corrected chi connectivity index (χ0v) is 30.7. The highest BCUT2D eigenvalue weighted by atomic mass is 35.5. The predicted octanol–water partition coefficient (Wildman–Crippen LogP) is 8.16. The smallest absolute Gasteiger partial charge is 0.294 e. The fraction of sp³-hybridized carbons (Fsp3) is 0.205. The van der Waals surface area contributed by atoms with Crippen LogP contribution in [-0.4, -0.2) is 49.3 Å². The number of halogens is 1. The van der Waals surface area contributed by atoms with Crippen LogP contribution in [-0.2, 0) is 33.3 Å². The Morgan fingerprint density at radius 3 is 2.00 bits per heavy atom. The van der Waals surface area contributed by atoms with E-state index in [0.29, 0.717) is 31.2 Å². The van der Waals surface area contributed by atoms with E-state index in [0.717, 1.165) is 55.9 Å². The normalized spacial score (nSPS) is 15.5. The van der Waals surface area contributed by atoms with E-state index in [1.54, 1.807) is 12.1 Å². The van der Waals surface area contributed by atoms with Crippen molar-refractivity contribution >= 4 is 48.8 Å². The van der Waals surface area contributed by atoms with Crippen molar-refractivity contribution in [3.05, 3.63) is 153 Å². The van der Waals surface area contributed by atoms with Gasteiger partial charge in [-0.05, 0) is 110 Å². The second-order valence-electron chi connectivity index (χ2n) is 12.1. The Hall–Kier alpha value is -4.32. The molecular formula is C39H40ClN2O6S2+. The predicted molar refractivity (Wildman–Crippen MR) is 200 cm³/mol. The van der Waals surface area contributed by atoms with E-state index < -0.39 is 20.2 Å². The van der Waals surface area contributed by atoms with Gasteiger partial charge in [0.05, 0.1) is 9.79 Å². The molecule has 8 nitrogen and oxygen atoms in total. The zero-order valence-electron chi connectivity index (χ0n) is 28.3. The molecule has 0 spiro atoms. The molecule has 0 saturated carbocycles. The maximum absolute atomic E-state index is 11.7. The molecule has 0 heterocycles. The van der Waals surface area contributed by atoms with Gasteiger partial charge in [-0.25, -0.2) is 4.58 Å². The van der Waals surface area contributed by atoms with E-state index in [1.165, 1.54) is 24.3 Å². The average molecular weight is 732 g/mol. The van der Waals surface area contributed by atoms with E-state index in [4.69, 9.17) is 11.6 Å². The van der Waals surface area contributed by atoms with Crippen molar-refractivity contribution in [1.29, 1.82) is 0 Å². The van der Waals surface area contributed by atoms with Crippen molar-refractivity contribution in [2.24, 2.45) is 0 Å². The van der Waals surface area contributed by atoms with E-state index in [2.05, 4.69) is 45.9 Å². The Morgan fingerprint density at radius 2 is 1.42 bits per heavy atom. The molecule has 1 aliphatic carbocycles. The Kier molecular flexibility index (Phi) is 11.3. The Morgan fingerprint density at radius 1 is 0.780 bits per heavy atom. The lowest BCUT2D eigenvalue weighted by atomic mass is 9.88. The molecule has 4 aromatic rings. The van der Waals surface area contributed by atoms with Crippen LogP contribution in [0.4, 0.5) is 5.69 Å². The van der Waals surface area contributed by atoms with Gasteiger partial charge in [0.2, 0.25) is 5.71 Å². The Bertz CT molecular complexity index is 2290. The van der Waals surface area contributed by atoms with Crippen LogP contribution < -0.4 is 4.90 Å². The molecule has 2 N–H and O–H groups in total. The van der Waals surface area contributed by atoms with Gasteiger partial charge in [0.1, 0.15) is 6.54 Å². The number of allylic oxidation sites excluding steroid dienone is 5. The third-order valence-electron chi connectivity index (χ3n) is 8.70. The number of hydrogen-bond acceptors (Lipinski definition) is 5. The highest BCUT2D eigenvalue weighted by Crippen LogP contribution is 2.37. The van der Waals surface area contributed by atoms with Crippen molar-refractivity contribution in [3.8, 4) is 0 Å². The summed E-state index contributed by atoms with van der Waals surface area (Å²) in [5.41, 5.74) is 9.37. The molecule has 0 saturated heterocycles. The molecule has 260 valence electrons. The summed E-state index contributed by atoms with van der Waals surface area (Å²) in [4.78, 5) is 1.89. The minimum Gasteiger partial charge on any atom is -0.367 e. The summed E-state index contributed by atoms with van der Waals surface area (Å²) >= 11 is 6.82. The first-order valence-corrected chi connectivity index (χ1v) is 19.4. The van der Waals surface area contributed by atoms with Crippen molar-refractivity contribution in [1.82, 2.24) is 0 Å². The quantitative estimate of drug-likeness (QED) is 0.118. The molecule has 0 atom stereocenters.